The summed E-state index contributed by atoms with van der Waals surface area (Å²) in [5, 5.41) is 5.03. The van der Waals surface area contributed by atoms with E-state index < -0.39 is 0 Å². The van der Waals surface area contributed by atoms with E-state index in [2.05, 4.69) is 15.3 Å². The zero-order valence-electron chi connectivity index (χ0n) is 15.8. The number of aryl methyl sites for hydroxylation is 1. The average molecular weight is 398 g/mol. The number of thiophene rings is 1. The van der Waals surface area contributed by atoms with Crippen molar-refractivity contribution >= 4 is 34.2 Å². The van der Waals surface area contributed by atoms with Crippen LogP contribution in [0.4, 0.5) is 5.82 Å². The lowest BCUT2D eigenvalue weighted by Gasteiger charge is -2.32. The van der Waals surface area contributed by atoms with Gasteiger partial charge in [-0.3, -0.25) is 14.2 Å². The fourth-order valence-electron chi connectivity index (χ4n) is 3.68. The summed E-state index contributed by atoms with van der Waals surface area (Å²) in [7, 11) is 0. The summed E-state index contributed by atoms with van der Waals surface area (Å²) >= 11 is 1.63. The minimum atomic E-state index is -0.145. The summed E-state index contributed by atoms with van der Waals surface area (Å²) < 4.78 is 1.65. The number of pyridine rings is 1. The molecule has 1 N–H and O–H groups in total. The van der Waals surface area contributed by atoms with Crippen LogP contribution in [0.15, 0.2) is 40.6 Å². The van der Waals surface area contributed by atoms with Crippen LogP contribution in [-0.4, -0.2) is 33.5 Å². The van der Waals surface area contributed by atoms with Crippen molar-refractivity contribution < 1.29 is 4.79 Å². The first kappa shape index (κ1) is 18.6. The third kappa shape index (κ3) is 3.64. The maximum Gasteiger partial charge on any atom is 0.295 e. The summed E-state index contributed by atoms with van der Waals surface area (Å²) in [5.74, 6) is 0.309. The Balaban J connectivity index is 1.55. The molecule has 0 unspecified atom stereocenters. The highest BCUT2D eigenvalue weighted by Crippen LogP contribution is 2.21. The van der Waals surface area contributed by atoms with Crippen LogP contribution >= 0.6 is 11.3 Å². The van der Waals surface area contributed by atoms with Gasteiger partial charge in [0.1, 0.15) is 5.52 Å². The maximum absolute atomic E-state index is 13.0. The maximum atomic E-state index is 13.0. The molecule has 0 radical (unpaired) electrons. The molecule has 146 valence electrons. The smallest absolute Gasteiger partial charge is 0.295 e. The number of rotatable bonds is 5. The molecule has 1 saturated heterocycles. The number of anilines is 1. The summed E-state index contributed by atoms with van der Waals surface area (Å²) in [5.41, 5.74) is 1.15. The van der Waals surface area contributed by atoms with Gasteiger partial charge in [0.2, 0.25) is 5.91 Å². The molecule has 1 fully saturated rings. The predicted octanol–water partition coefficient (Wildman–Crippen LogP) is 2.41. The zero-order chi connectivity index (χ0) is 19.5. The van der Waals surface area contributed by atoms with Crippen LogP contribution in [0.25, 0.3) is 11.2 Å². The monoisotopic (exact) mass is 397 g/mol. The number of nitrogens with zero attached hydrogens (tertiary/aromatic N) is 4. The lowest BCUT2D eigenvalue weighted by atomic mass is 9.97. The molecular weight excluding hydrogens is 374 g/mol. The molecule has 28 heavy (non-hydrogen) atoms. The molecule has 0 bridgehead atoms. The Morgan fingerprint density at radius 2 is 2.25 bits per heavy atom. The zero-order valence-corrected chi connectivity index (χ0v) is 16.6. The summed E-state index contributed by atoms with van der Waals surface area (Å²) in [6.07, 6.45) is 3.35. The molecule has 1 atom stereocenters. The van der Waals surface area contributed by atoms with Crippen molar-refractivity contribution in [3.8, 4) is 0 Å². The molecule has 0 saturated carbocycles. The fraction of sp³-hybridized carbons (Fsp3) is 0.400. The van der Waals surface area contributed by atoms with Gasteiger partial charge in [-0.15, -0.1) is 11.3 Å². The van der Waals surface area contributed by atoms with E-state index in [1.54, 1.807) is 22.1 Å². The van der Waals surface area contributed by atoms with E-state index in [-0.39, 0.29) is 17.4 Å². The highest BCUT2D eigenvalue weighted by Gasteiger charge is 2.28. The molecular formula is C20H23N5O2S. The van der Waals surface area contributed by atoms with Crippen molar-refractivity contribution in [3.05, 3.63) is 51.1 Å². The number of hydrogen-bond donors (Lipinski definition) is 1. The molecule has 1 aliphatic heterocycles. The standard InChI is InChI=1S/C20H23N5O2S/c1-2-25-17-16(8-3-9-21-17)23-18(20(25)27)24-10-4-6-14(13-24)19(26)22-12-15-7-5-11-28-15/h3,5,7-9,11,14H,2,4,6,10,12-13H2,1H3,(H,22,26)/t14-/m0/s1. The van der Waals surface area contributed by atoms with Gasteiger partial charge in [0.15, 0.2) is 11.5 Å². The highest BCUT2D eigenvalue weighted by atomic mass is 32.1. The molecule has 3 aromatic heterocycles. The van der Waals surface area contributed by atoms with Crippen molar-refractivity contribution in [1.82, 2.24) is 19.9 Å². The molecule has 7 nitrogen and oxygen atoms in total. The van der Waals surface area contributed by atoms with Crippen molar-refractivity contribution in [3.63, 3.8) is 0 Å². The second kappa shape index (κ2) is 8.10. The van der Waals surface area contributed by atoms with Crippen LogP contribution in [-0.2, 0) is 17.9 Å². The van der Waals surface area contributed by atoms with Gasteiger partial charge in [0.25, 0.3) is 5.56 Å². The Labute approximate surface area is 167 Å². The third-order valence-electron chi connectivity index (χ3n) is 5.11. The van der Waals surface area contributed by atoms with E-state index >= 15 is 0 Å². The first-order valence-corrected chi connectivity index (χ1v) is 10.5. The Morgan fingerprint density at radius 1 is 1.36 bits per heavy atom. The van der Waals surface area contributed by atoms with E-state index in [1.807, 2.05) is 41.5 Å². The molecule has 1 aliphatic rings. The summed E-state index contributed by atoms with van der Waals surface area (Å²) in [4.78, 5) is 37.6. The molecule has 4 heterocycles. The van der Waals surface area contributed by atoms with Gasteiger partial charge in [-0.2, -0.15) is 0 Å². The Morgan fingerprint density at radius 3 is 3.04 bits per heavy atom. The summed E-state index contributed by atoms with van der Waals surface area (Å²) in [6.45, 7) is 4.24. The SMILES string of the molecule is CCn1c(=O)c(N2CCC[C@H](C(=O)NCc3cccs3)C2)nc2cccnc21. The Kier molecular flexibility index (Phi) is 5.38. The van der Waals surface area contributed by atoms with Crippen LogP contribution in [0, 0.1) is 5.92 Å². The molecule has 4 rings (SSSR count). The molecule has 0 aromatic carbocycles. The number of carbonyl (C=O) groups is 1. The second-order valence-corrected chi connectivity index (χ2v) is 7.95. The lowest BCUT2D eigenvalue weighted by Crippen LogP contribution is -2.45. The van der Waals surface area contributed by atoms with E-state index in [0.717, 1.165) is 24.3 Å². The van der Waals surface area contributed by atoms with Crippen molar-refractivity contribution in [1.29, 1.82) is 0 Å². The number of hydrogen-bond acceptors (Lipinski definition) is 6. The molecule has 3 aromatic rings. The van der Waals surface area contributed by atoms with Gasteiger partial charge in [-0.1, -0.05) is 6.07 Å². The normalized spacial score (nSPS) is 17.0. The number of nitrogens with one attached hydrogen (secondary N) is 1. The van der Waals surface area contributed by atoms with Gasteiger partial charge < -0.3 is 10.2 Å². The number of amides is 1. The molecule has 0 spiro atoms. The van der Waals surface area contributed by atoms with Gasteiger partial charge in [0.05, 0.1) is 12.5 Å². The molecule has 8 heteroatoms. The average Bonchev–Trinajstić information content (AvgIpc) is 3.25. The second-order valence-electron chi connectivity index (χ2n) is 6.91. The largest absolute Gasteiger partial charge is 0.351 e. The van der Waals surface area contributed by atoms with Crippen molar-refractivity contribution in [2.75, 3.05) is 18.0 Å². The van der Waals surface area contributed by atoms with E-state index in [1.165, 1.54) is 0 Å². The Bertz CT molecular complexity index is 1030. The van der Waals surface area contributed by atoms with E-state index in [0.29, 0.717) is 36.6 Å². The van der Waals surface area contributed by atoms with Crippen LogP contribution in [0.2, 0.25) is 0 Å². The lowest BCUT2D eigenvalue weighted by molar-refractivity contribution is -0.125. The van der Waals surface area contributed by atoms with Crippen molar-refractivity contribution in [2.45, 2.75) is 32.9 Å². The minimum absolute atomic E-state index is 0.0383. The van der Waals surface area contributed by atoms with Gasteiger partial charge >= 0.3 is 0 Å². The quantitative estimate of drug-likeness (QED) is 0.715. The first-order valence-electron chi connectivity index (χ1n) is 9.58. The van der Waals surface area contributed by atoms with E-state index in [4.69, 9.17) is 0 Å². The number of fused-ring (bicyclic) bond motifs is 1. The minimum Gasteiger partial charge on any atom is -0.351 e. The van der Waals surface area contributed by atoms with Crippen molar-refractivity contribution in [2.24, 2.45) is 5.92 Å². The molecule has 0 aliphatic carbocycles. The topological polar surface area (TPSA) is 80.1 Å². The number of piperidine rings is 1. The van der Waals surface area contributed by atoms with Crippen LogP contribution in [0.5, 0.6) is 0 Å². The van der Waals surface area contributed by atoms with Crippen LogP contribution < -0.4 is 15.8 Å². The van der Waals surface area contributed by atoms with Gasteiger partial charge in [0, 0.05) is 30.7 Å². The van der Waals surface area contributed by atoms with E-state index in [9.17, 15) is 9.59 Å². The highest BCUT2D eigenvalue weighted by molar-refractivity contribution is 7.09. The number of aromatic nitrogens is 3. The van der Waals surface area contributed by atoms with Crippen LogP contribution in [0.3, 0.4) is 0 Å². The molecule has 1 amide bonds. The van der Waals surface area contributed by atoms with Gasteiger partial charge in [-0.05, 0) is 43.3 Å². The Hall–Kier alpha value is -2.74. The predicted molar refractivity (Wildman–Crippen MR) is 111 cm³/mol. The first-order chi connectivity index (χ1) is 13.7. The summed E-state index contributed by atoms with van der Waals surface area (Å²) in [6, 6.07) is 7.68. The number of carbonyl (C=O) groups excluding carboxylic acids is 1. The third-order valence-corrected chi connectivity index (χ3v) is 5.99. The fourth-order valence-corrected chi connectivity index (χ4v) is 4.32. The van der Waals surface area contributed by atoms with Crippen LogP contribution in [0.1, 0.15) is 24.6 Å². The van der Waals surface area contributed by atoms with Gasteiger partial charge in [-0.25, -0.2) is 9.97 Å².